The number of phenolic OH excluding ortho intramolecular Hbond substituents is 1. The van der Waals surface area contributed by atoms with Crippen molar-refractivity contribution in [1.29, 1.82) is 0 Å². The Morgan fingerprint density at radius 1 is 0.656 bits per heavy atom. The van der Waals surface area contributed by atoms with Gasteiger partial charge in [0.1, 0.15) is 65.2 Å². The van der Waals surface area contributed by atoms with Crippen molar-refractivity contribution in [3.8, 4) is 5.75 Å². The molecule has 508 valence electrons. The number of carboxylic acid groups (broad SMARTS) is 1. The molecule has 0 saturated carbocycles. The second kappa shape index (κ2) is 31.2. The van der Waals surface area contributed by atoms with Crippen molar-refractivity contribution in [2.24, 2.45) is 5.73 Å². The van der Waals surface area contributed by atoms with Gasteiger partial charge in [0.05, 0.1) is 25.0 Å². The summed E-state index contributed by atoms with van der Waals surface area (Å²) in [5.74, 6) is -12.1. The number of aryl methyl sites for hydroxylation is 2. The molecule has 15 N–H and O–H groups in total. The lowest BCUT2D eigenvalue weighted by Gasteiger charge is -2.37. The molecule has 9 rings (SSSR count). The zero-order valence-corrected chi connectivity index (χ0v) is 52.5. The number of carboxylic acids is 1. The van der Waals surface area contributed by atoms with Crippen LogP contribution in [0.25, 0.3) is 21.8 Å². The minimum atomic E-state index is -2.04. The van der Waals surface area contributed by atoms with Gasteiger partial charge >= 0.3 is 5.97 Å². The van der Waals surface area contributed by atoms with Crippen molar-refractivity contribution < 1.29 is 71.7 Å². The number of imidazole rings is 1. The molecule has 32 heteroatoms. The van der Waals surface area contributed by atoms with Crippen molar-refractivity contribution in [3.05, 3.63) is 131 Å². The van der Waals surface area contributed by atoms with E-state index in [1.54, 1.807) is 10.9 Å². The number of nitrogens with two attached hydrogens (primary N) is 1. The summed E-state index contributed by atoms with van der Waals surface area (Å²) in [5.41, 5.74) is 6.87. The lowest BCUT2D eigenvalue weighted by Crippen LogP contribution is -2.63. The van der Waals surface area contributed by atoms with Gasteiger partial charge in [-0.3, -0.25) is 57.4 Å². The number of aromatic nitrogens is 7. The minimum absolute atomic E-state index is 0.00705. The van der Waals surface area contributed by atoms with E-state index in [-0.39, 0.29) is 67.5 Å². The number of nitrogens with one attached hydrogen (secondary N) is 11. The van der Waals surface area contributed by atoms with Crippen molar-refractivity contribution in [1.82, 2.24) is 82.4 Å². The highest BCUT2D eigenvalue weighted by Crippen LogP contribution is 2.31. The molecular weight excluding hydrogens is 1250 g/mol. The van der Waals surface area contributed by atoms with Crippen LogP contribution in [0.4, 0.5) is 8.78 Å². The fourth-order valence-corrected chi connectivity index (χ4v) is 11.8. The number of hydrogen-bond acceptors (Lipinski definition) is 15. The number of aromatic amines is 3. The molecule has 7 aromatic rings. The van der Waals surface area contributed by atoms with E-state index in [1.807, 2.05) is 0 Å². The molecule has 6 heterocycles. The molecule has 0 aliphatic carbocycles. The third-order valence-corrected chi connectivity index (χ3v) is 17.0. The first kappa shape index (κ1) is 69.3. The number of nitrogens with zero attached hydrogens (tertiary/aromatic N) is 5. The molecule has 96 heavy (non-hydrogen) atoms. The van der Waals surface area contributed by atoms with Gasteiger partial charge < -0.3 is 78.3 Å². The van der Waals surface area contributed by atoms with E-state index in [0.29, 0.717) is 71.9 Å². The van der Waals surface area contributed by atoms with Crippen LogP contribution in [0.3, 0.4) is 0 Å². The Morgan fingerprint density at radius 2 is 1.26 bits per heavy atom. The van der Waals surface area contributed by atoms with E-state index < -0.39 is 144 Å². The average Bonchev–Trinajstić information content (AvgIpc) is 1.59. The van der Waals surface area contributed by atoms with Crippen molar-refractivity contribution in [3.63, 3.8) is 0 Å². The van der Waals surface area contributed by atoms with Crippen LogP contribution < -0.4 is 48.3 Å². The summed E-state index contributed by atoms with van der Waals surface area (Å²) in [5, 5.41) is 50.0. The topological polar surface area (TPSA) is 445 Å². The van der Waals surface area contributed by atoms with E-state index in [4.69, 9.17) is 5.73 Å². The normalized spacial score (nSPS) is 23.3. The number of halogens is 2. The van der Waals surface area contributed by atoms with Gasteiger partial charge in [-0.05, 0) is 124 Å². The van der Waals surface area contributed by atoms with Crippen LogP contribution in [0.15, 0.2) is 91.8 Å². The number of hydrogen-bond donors (Lipinski definition) is 14. The van der Waals surface area contributed by atoms with Crippen LogP contribution in [-0.4, -0.2) is 176 Å². The lowest BCUT2D eigenvalue weighted by atomic mass is 9.94. The van der Waals surface area contributed by atoms with Gasteiger partial charge in [-0.15, -0.1) is 5.10 Å². The second-order valence-corrected chi connectivity index (χ2v) is 24.2. The van der Waals surface area contributed by atoms with E-state index in [9.17, 15) is 66.9 Å². The minimum Gasteiger partial charge on any atom is -0.508 e. The van der Waals surface area contributed by atoms with Crippen LogP contribution in [0, 0.1) is 11.6 Å². The van der Waals surface area contributed by atoms with E-state index >= 15 is 4.79 Å². The monoisotopic (exact) mass is 1330 g/mol. The predicted octanol–water partition coefficient (Wildman–Crippen LogP) is 0.296. The largest absolute Gasteiger partial charge is 0.508 e. The summed E-state index contributed by atoms with van der Waals surface area (Å²) in [6.07, 6.45) is 6.56. The Hall–Kier alpha value is -11.1. The summed E-state index contributed by atoms with van der Waals surface area (Å²) in [6.45, 7) is 2.53. The SMILES string of the molecule is C[C@@H]1NC(=O)CCCCn2cc(nn2)CCC[C@@H](C(N)=O)NC(=O)[C@]2(C)CCCN2C(=O)[C@H](Cc2ccc(O)cc2)NC(=O)[C@H](Cc2cnc[nH]2)NC(=O)[C@H](CC(=O)O)NC(=O)[C@H](Cc2c[nH]c3ccc(F)cc23)NC(=O)[C@H](Cc2c[nH]c3ccc(F)cc23)NC(=O)CNC1=O. The highest BCUT2D eigenvalue weighted by molar-refractivity contribution is 6.00. The zero-order valence-electron chi connectivity index (χ0n) is 52.5. The van der Waals surface area contributed by atoms with Gasteiger partial charge in [0.2, 0.25) is 59.1 Å². The third-order valence-electron chi connectivity index (χ3n) is 17.0. The Morgan fingerprint density at radius 3 is 1.88 bits per heavy atom. The van der Waals surface area contributed by atoms with Gasteiger partial charge in [-0.1, -0.05) is 17.3 Å². The molecule has 1 saturated heterocycles. The molecule has 1 fully saturated rings. The van der Waals surface area contributed by atoms with Gasteiger partial charge in [-0.2, -0.15) is 0 Å². The second-order valence-electron chi connectivity index (χ2n) is 24.2. The number of carbonyl (C=O) groups excluding carboxylic acids is 10. The van der Waals surface area contributed by atoms with E-state index in [0.717, 1.165) is 6.07 Å². The third kappa shape index (κ3) is 18.0. The maximum Gasteiger partial charge on any atom is 0.305 e. The molecule has 8 atom stereocenters. The van der Waals surface area contributed by atoms with Crippen molar-refractivity contribution >= 4 is 86.8 Å². The Labute approximate surface area is 546 Å². The number of phenols is 1. The van der Waals surface area contributed by atoms with E-state index in [2.05, 4.69) is 72.8 Å². The number of aliphatic carboxylic acids is 1. The maximum absolute atomic E-state index is 15.1. The molecule has 2 aliphatic heterocycles. The lowest BCUT2D eigenvalue weighted by molar-refractivity contribution is -0.147. The fraction of sp³-hybridized carbons (Fsp3) is 0.406. The molecule has 0 spiro atoms. The number of H-pyrrole nitrogens is 3. The number of carbonyl (C=O) groups is 11. The summed E-state index contributed by atoms with van der Waals surface area (Å²) < 4.78 is 31.2. The van der Waals surface area contributed by atoms with Crippen LogP contribution in [0.2, 0.25) is 0 Å². The fourth-order valence-electron chi connectivity index (χ4n) is 11.8. The first-order chi connectivity index (χ1) is 45.9. The van der Waals surface area contributed by atoms with Crippen molar-refractivity contribution in [2.75, 3.05) is 13.1 Å². The number of fused-ring (bicyclic) bond motifs is 5. The molecular formula is C64H75F2N17O13. The van der Waals surface area contributed by atoms with Crippen LogP contribution in [0.1, 0.15) is 93.3 Å². The standard InChI is InChI=1S/C64H75F2N17O13/c1-34-57(90)71-31-54(86)74-48(22-36-28-69-45-16-12-38(65)24-43(36)45)58(91)75-49(23-37-29-70-46-17-13-39(66)25-44(37)46)59(92)77-51(27-55(87)88)61(94)76-50(26-41-30-68-33-72-41)60(93)78-52(21-35-10-14-42(84)15-11-35)62(95)83-20-6-18-64(83,2)63(96)79-47(56(67)89)8-5-7-40-32-82(81-80-40)19-4-3-9-53(85)73-34/h10-17,24-25,28-30,32-34,47-52,69-70,84H,3-9,18-23,26-27,31H2,1-2H3,(H2,67,89)(H,68,72)(H,71,90)(H,73,85)(H,74,86)(H,75,91)(H,76,94)(H,77,92)(H,78,93)(H,79,96)(H,87,88)/t34-,47-,48-,49-,50-,51-,52-,64-/m0/s1. The highest BCUT2D eigenvalue weighted by Gasteiger charge is 2.48. The Kier molecular flexibility index (Phi) is 22.5. The maximum atomic E-state index is 15.1. The van der Waals surface area contributed by atoms with Gasteiger partial charge in [0.15, 0.2) is 0 Å². The van der Waals surface area contributed by atoms with Gasteiger partial charge in [0, 0.05) is 97.5 Å². The number of benzene rings is 3. The number of amides is 10. The molecule has 0 unspecified atom stereocenters. The number of primary amides is 1. The molecule has 0 radical (unpaired) electrons. The van der Waals surface area contributed by atoms with Crippen LogP contribution in [0.5, 0.6) is 5.75 Å². The van der Waals surface area contributed by atoms with E-state index in [1.165, 1.54) is 98.3 Å². The smallest absolute Gasteiger partial charge is 0.305 e. The summed E-state index contributed by atoms with van der Waals surface area (Å²) in [4.78, 5) is 169. The average molecular weight is 1330 g/mol. The van der Waals surface area contributed by atoms with Crippen molar-refractivity contribution in [2.45, 2.75) is 152 Å². The summed E-state index contributed by atoms with van der Waals surface area (Å²) in [7, 11) is 0. The molecule has 3 aromatic carbocycles. The number of aromatic hydroxyl groups is 1. The zero-order chi connectivity index (χ0) is 68.8. The summed E-state index contributed by atoms with van der Waals surface area (Å²) >= 11 is 0. The predicted molar refractivity (Wildman–Crippen MR) is 338 cm³/mol. The highest BCUT2D eigenvalue weighted by atomic mass is 19.1. The molecule has 30 nitrogen and oxygen atoms in total. The molecule has 2 aliphatic rings. The quantitative estimate of drug-likeness (QED) is 0.0828. The first-order valence-electron chi connectivity index (χ1n) is 31.3. The number of rotatable bonds is 11. The first-order valence-corrected chi connectivity index (χ1v) is 31.3. The van der Waals surface area contributed by atoms with Crippen LogP contribution in [-0.2, 0) is 91.4 Å². The molecule has 4 aromatic heterocycles. The Balaban J connectivity index is 1.04. The van der Waals surface area contributed by atoms with Gasteiger partial charge in [0.25, 0.3) is 0 Å². The summed E-state index contributed by atoms with van der Waals surface area (Å²) in [6, 6.07) is 2.28. The molecule has 10 amide bonds. The Bertz CT molecular complexity index is 4020. The van der Waals surface area contributed by atoms with Crippen LogP contribution >= 0.6 is 0 Å². The molecule has 2 bridgehead atoms. The van der Waals surface area contributed by atoms with Gasteiger partial charge in [-0.25, -0.2) is 13.8 Å².